The van der Waals surface area contributed by atoms with Crippen LogP contribution in [0.4, 0.5) is 5.69 Å². The summed E-state index contributed by atoms with van der Waals surface area (Å²) in [5, 5.41) is 3.41. The van der Waals surface area contributed by atoms with E-state index in [2.05, 4.69) is 92.0 Å². The Labute approximate surface area is 245 Å². The summed E-state index contributed by atoms with van der Waals surface area (Å²) in [4.78, 5) is 4.94. The lowest BCUT2D eigenvalue weighted by atomic mass is 9.80. The van der Waals surface area contributed by atoms with Crippen molar-refractivity contribution in [1.29, 1.82) is 0 Å². The maximum Gasteiger partial charge on any atom is 0.127 e. The summed E-state index contributed by atoms with van der Waals surface area (Å²) in [5.41, 5.74) is 14.0. The van der Waals surface area contributed by atoms with Gasteiger partial charge >= 0.3 is 0 Å². The van der Waals surface area contributed by atoms with Gasteiger partial charge in [-0.05, 0) is 103 Å². The van der Waals surface area contributed by atoms with Gasteiger partial charge in [-0.2, -0.15) is 0 Å². The van der Waals surface area contributed by atoms with Crippen LogP contribution in [0.1, 0.15) is 62.1 Å². The van der Waals surface area contributed by atoms with Gasteiger partial charge in [0.2, 0.25) is 0 Å². The maximum absolute atomic E-state index is 6.31. The van der Waals surface area contributed by atoms with E-state index in [-0.39, 0.29) is 5.54 Å². The highest BCUT2D eigenvalue weighted by molar-refractivity contribution is 5.85. The number of hydrogen-bond acceptors (Lipinski definition) is 3. The van der Waals surface area contributed by atoms with E-state index in [9.17, 15) is 0 Å². The molecule has 3 N–H and O–H groups in total. The molecule has 0 radical (unpaired) electrons. The van der Waals surface area contributed by atoms with Crippen molar-refractivity contribution in [1.82, 2.24) is 0 Å². The highest BCUT2D eigenvalue weighted by Crippen LogP contribution is 2.34. The third-order valence-electron chi connectivity index (χ3n) is 8.45. The van der Waals surface area contributed by atoms with Gasteiger partial charge < -0.3 is 15.8 Å². The van der Waals surface area contributed by atoms with Crippen LogP contribution in [0.5, 0.6) is 11.5 Å². The normalized spacial score (nSPS) is 14.9. The molecule has 0 saturated heterocycles. The fourth-order valence-corrected chi connectivity index (χ4v) is 5.95. The largest absolute Gasteiger partial charge is 0.457 e. The Morgan fingerprint density at radius 1 is 0.780 bits per heavy atom. The molecule has 0 unspecified atom stereocenters. The van der Waals surface area contributed by atoms with Crippen molar-refractivity contribution in [3.8, 4) is 22.6 Å². The Kier molecular flexibility index (Phi) is 9.40. The Bertz CT molecular complexity index is 1430. The fourth-order valence-electron chi connectivity index (χ4n) is 5.95. The summed E-state index contributed by atoms with van der Waals surface area (Å²) in [6, 6.07) is 33.8. The van der Waals surface area contributed by atoms with Crippen molar-refractivity contribution in [2.75, 3.05) is 11.9 Å². The van der Waals surface area contributed by atoms with Crippen molar-refractivity contribution >= 4 is 11.5 Å². The van der Waals surface area contributed by atoms with Crippen molar-refractivity contribution in [2.24, 2.45) is 10.7 Å². The Morgan fingerprint density at radius 3 is 2.10 bits per heavy atom. The minimum absolute atomic E-state index is 0.0447. The second-order valence-corrected chi connectivity index (χ2v) is 11.3. The lowest BCUT2D eigenvalue weighted by molar-refractivity contribution is 0.290. The van der Waals surface area contributed by atoms with Gasteiger partial charge in [0.15, 0.2) is 0 Å². The van der Waals surface area contributed by atoms with Gasteiger partial charge in [0.05, 0.1) is 12.1 Å². The Hall–Kier alpha value is -4.05. The van der Waals surface area contributed by atoms with Crippen LogP contribution in [0, 0.1) is 6.92 Å². The van der Waals surface area contributed by atoms with Crippen LogP contribution >= 0.6 is 0 Å². The summed E-state index contributed by atoms with van der Waals surface area (Å²) >= 11 is 0. The first kappa shape index (κ1) is 28.5. The molecule has 4 nitrogen and oxygen atoms in total. The SMILES string of the molecule is CCC1(N=C(N)CNc2ccc(Oc3ccc(CCc4ccccc4-c4ccccc4C)cc3)cc2)CCCCC1. The molecule has 1 aliphatic rings. The number of hydrogen-bond donors (Lipinski definition) is 2. The van der Waals surface area contributed by atoms with Crippen molar-refractivity contribution < 1.29 is 4.74 Å². The monoisotopic (exact) mass is 545 g/mol. The highest BCUT2D eigenvalue weighted by Gasteiger charge is 2.29. The number of nitrogens with one attached hydrogen (secondary N) is 1. The molecule has 0 spiro atoms. The first-order valence-electron chi connectivity index (χ1n) is 15.1. The Morgan fingerprint density at radius 2 is 1.41 bits per heavy atom. The van der Waals surface area contributed by atoms with Gasteiger partial charge in [0, 0.05) is 5.69 Å². The number of nitrogens with zero attached hydrogens (tertiary/aromatic N) is 1. The summed E-state index contributed by atoms with van der Waals surface area (Å²) < 4.78 is 6.12. The molecule has 4 heteroatoms. The quantitative estimate of drug-likeness (QED) is 0.146. The molecule has 0 heterocycles. The predicted molar refractivity (Wildman–Crippen MR) is 173 cm³/mol. The summed E-state index contributed by atoms with van der Waals surface area (Å²) in [6.45, 7) is 4.97. The smallest absolute Gasteiger partial charge is 0.127 e. The number of nitrogens with two attached hydrogens (primary N) is 1. The molecule has 0 bridgehead atoms. The third-order valence-corrected chi connectivity index (χ3v) is 8.45. The summed E-state index contributed by atoms with van der Waals surface area (Å²) in [7, 11) is 0. The number of ether oxygens (including phenoxy) is 1. The number of amidine groups is 1. The van der Waals surface area contributed by atoms with Crippen LogP contribution in [-0.4, -0.2) is 17.9 Å². The molecule has 212 valence electrons. The van der Waals surface area contributed by atoms with Crippen LogP contribution in [-0.2, 0) is 12.8 Å². The minimum Gasteiger partial charge on any atom is -0.457 e. The summed E-state index contributed by atoms with van der Waals surface area (Å²) in [5.74, 6) is 2.33. The molecule has 1 aliphatic carbocycles. The zero-order chi connectivity index (χ0) is 28.5. The van der Waals surface area contributed by atoms with E-state index in [1.807, 2.05) is 24.3 Å². The van der Waals surface area contributed by atoms with Crippen molar-refractivity contribution in [2.45, 2.75) is 70.8 Å². The van der Waals surface area contributed by atoms with E-state index in [0.29, 0.717) is 12.4 Å². The highest BCUT2D eigenvalue weighted by atomic mass is 16.5. The van der Waals surface area contributed by atoms with Crippen LogP contribution in [0.2, 0.25) is 0 Å². The van der Waals surface area contributed by atoms with Crippen LogP contribution in [0.15, 0.2) is 102 Å². The first-order valence-corrected chi connectivity index (χ1v) is 15.1. The predicted octanol–water partition coefficient (Wildman–Crippen LogP) is 9.12. The van der Waals surface area contributed by atoms with Gasteiger partial charge in [-0.25, -0.2) is 0 Å². The maximum atomic E-state index is 6.31. The fraction of sp³-hybridized carbons (Fsp3) is 0.324. The standard InChI is InChI=1S/C37H43N3O/c1-3-37(25-9-4-10-26-37)40-36(38)27-39-31-19-23-33(24-20-31)41-32-21-16-29(17-22-32)15-18-30-12-6-8-14-35(30)34-13-7-5-11-28(34)2/h5-8,11-14,16-17,19-24,39H,3-4,9-10,15,18,25-27H2,1-2H3,(H2,38,40). The molecule has 41 heavy (non-hydrogen) atoms. The van der Waals surface area contributed by atoms with Gasteiger partial charge in [-0.3, -0.25) is 4.99 Å². The van der Waals surface area contributed by atoms with Crippen LogP contribution < -0.4 is 15.8 Å². The molecule has 4 aromatic rings. The second-order valence-electron chi connectivity index (χ2n) is 11.3. The van der Waals surface area contributed by atoms with E-state index >= 15 is 0 Å². The molecule has 1 fully saturated rings. The number of aliphatic imine (C=N–C) groups is 1. The third kappa shape index (κ3) is 7.58. The van der Waals surface area contributed by atoms with Crippen molar-refractivity contribution in [3.05, 3.63) is 114 Å². The average Bonchev–Trinajstić information content (AvgIpc) is 3.01. The minimum atomic E-state index is 0.0447. The lowest BCUT2D eigenvalue weighted by Crippen LogP contribution is -2.34. The van der Waals surface area contributed by atoms with E-state index in [0.717, 1.165) is 49.3 Å². The molecule has 0 aliphatic heterocycles. The van der Waals surface area contributed by atoms with E-state index in [4.69, 9.17) is 15.5 Å². The molecule has 1 saturated carbocycles. The topological polar surface area (TPSA) is 59.6 Å². The number of rotatable bonds is 11. The molecule has 0 aromatic heterocycles. The van der Waals surface area contributed by atoms with Gasteiger partial charge in [0.1, 0.15) is 17.3 Å². The molecule has 4 aromatic carbocycles. The first-order chi connectivity index (χ1) is 20.0. The number of aryl methyl sites for hydroxylation is 3. The van der Waals surface area contributed by atoms with Crippen molar-refractivity contribution in [3.63, 3.8) is 0 Å². The van der Waals surface area contributed by atoms with E-state index in [1.165, 1.54) is 47.1 Å². The van der Waals surface area contributed by atoms with Crippen LogP contribution in [0.3, 0.4) is 0 Å². The number of benzene rings is 4. The van der Waals surface area contributed by atoms with Gasteiger partial charge in [-0.15, -0.1) is 0 Å². The van der Waals surface area contributed by atoms with Gasteiger partial charge in [-0.1, -0.05) is 86.8 Å². The van der Waals surface area contributed by atoms with E-state index in [1.54, 1.807) is 0 Å². The van der Waals surface area contributed by atoms with Crippen LogP contribution in [0.25, 0.3) is 11.1 Å². The molecule has 0 atom stereocenters. The Balaban J connectivity index is 1.13. The molecule has 5 rings (SSSR count). The van der Waals surface area contributed by atoms with E-state index < -0.39 is 0 Å². The zero-order valence-corrected chi connectivity index (χ0v) is 24.5. The molecular formula is C37H43N3O. The zero-order valence-electron chi connectivity index (χ0n) is 24.5. The summed E-state index contributed by atoms with van der Waals surface area (Å²) in [6.07, 6.45) is 9.17. The lowest BCUT2D eigenvalue weighted by Gasteiger charge is -2.33. The molecular weight excluding hydrogens is 502 g/mol. The molecule has 0 amide bonds. The second kappa shape index (κ2) is 13.5. The number of anilines is 1. The van der Waals surface area contributed by atoms with Gasteiger partial charge in [0.25, 0.3) is 0 Å². The average molecular weight is 546 g/mol.